The highest BCUT2D eigenvalue weighted by Crippen LogP contribution is 2.30. The number of piperidine rings is 3. The van der Waals surface area contributed by atoms with E-state index >= 15 is 0 Å². The highest BCUT2D eigenvalue weighted by Gasteiger charge is 2.36. The Balaban J connectivity index is 1.57. The predicted octanol–water partition coefficient (Wildman–Crippen LogP) is 1.81. The molecule has 3 aliphatic rings. The Kier molecular flexibility index (Phi) is 2.73. The van der Waals surface area contributed by atoms with Crippen LogP contribution in [0.3, 0.4) is 0 Å². The molecule has 2 bridgehead atoms. The summed E-state index contributed by atoms with van der Waals surface area (Å²) >= 11 is 0. The zero-order chi connectivity index (χ0) is 13.5. The maximum atomic E-state index is 12.4. The Labute approximate surface area is 116 Å². The Morgan fingerprint density at radius 1 is 1.35 bits per heavy atom. The zero-order valence-corrected chi connectivity index (χ0v) is 11.2. The summed E-state index contributed by atoms with van der Waals surface area (Å²) in [6.07, 6.45) is 3.93. The lowest BCUT2D eigenvalue weighted by Crippen LogP contribution is -2.51. The molecule has 0 aliphatic carbocycles. The van der Waals surface area contributed by atoms with Gasteiger partial charge in [-0.05, 0) is 44.0 Å². The third-order valence-electron chi connectivity index (χ3n) is 4.52. The fraction of sp³-hybridized carbons (Fsp3) is 0.467. The molecule has 0 radical (unpaired) electrons. The summed E-state index contributed by atoms with van der Waals surface area (Å²) in [5.41, 5.74) is 2.12. The van der Waals surface area contributed by atoms with Crippen LogP contribution in [0.1, 0.15) is 23.2 Å². The highest BCUT2D eigenvalue weighted by atomic mass is 16.5. The number of rotatable bonds is 2. The smallest absolute Gasteiger partial charge is 0.340 e. The molecule has 5 heteroatoms. The lowest BCUT2D eigenvalue weighted by molar-refractivity contribution is -0.0454. The largest absolute Gasteiger partial charge is 0.457 e. The third-order valence-corrected chi connectivity index (χ3v) is 4.52. The van der Waals surface area contributed by atoms with Crippen molar-refractivity contribution in [1.29, 1.82) is 0 Å². The molecular formula is C15H17N3O2. The number of hydrogen-bond acceptors (Lipinski definition) is 4. The lowest BCUT2D eigenvalue weighted by atomic mass is 9.86. The molecule has 0 spiro atoms. The van der Waals surface area contributed by atoms with Crippen molar-refractivity contribution in [2.75, 3.05) is 19.6 Å². The summed E-state index contributed by atoms with van der Waals surface area (Å²) in [5, 5.41) is 0. The molecule has 5 nitrogen and oxygen atoms in total. The number of benzene rings is 1. The SMILES string of the molecule is O=C(OC1CN2CCC1CC2)c1cccc2[nH]cnc12. The number of aromatic amines is 1. The van der Waals surface area contributed by atoms with E-state index in [1.54, 1.807) is 12.4 Å². The van der Waals surface area contributed by atoms with Crippen molar-refractivity contribution in [3.8, 4) is 0 Å². The molecular weight excluding hydrogens is 254 g/mol. The molecule has 2 aromatic rings. The van der Waals surface area contributed by atoms with Gasteiger partial charge in [0.1, 0.15) is 11.6 Å². The van der Waals surface area contributed by atoms with Crippen LogP contribution in [0.15, 0.2) is 24.5 Å². The average molecular weight is 271 g/mol. The molecule has 1 aromatic heterocycles. The van der Waals surface area contributed by atoms with Gasteiger partial charge in [-0.2, -0.15) is 0 Å². The van der Waals surface area contributed by atoms with Gasteiger partial charge in [0.15, 0.2) is 0 Å². The first kappa shape index (κ1) is 11.9. The molecule has 0 saturated carbocycles. The van der Waals surface area contributed by atoms with Gasteiger partial charge in [0, 0.05) is 6.54 Å². The van der Waals surface area contributed by atoms with Gasteiger partial charge in [0.05, 0.1) is 17.4 Å². The van der Waals surface area contributed by atoms with Crippen LogP contribution in [0.4, 0.5) is 0 Å². The molecule has 4 heterocycles. The van der Waals surface area contributed by atoms with Crippen LogP contribution in [0.25, 0.3) is 11.0 Å². The van der Waals surface area contributed by atoms with Crippen LogP contribution in [-0.4, -0.2) is 46.6 Å². The minimum absolute atomic E-state index is 0.0409. The molecule has 5 rings (SSSR count). The van der Waals surface area contributed by atoms with Crippen LogP contribution < -0.4 is 0 Å². The van der Waals surface area contributed by atoms with Crippen molar-refractivity contribution in [3.05, 3.63) is 30.1 Å². The molecule has 0 amide bonds. The number of carbonyl (C=O) groups excluding carboxylic acids is 1. The zero-order valence-electron chi connectivity index (χ0n) is 11.2. The monoisotopic (exact) mass is 271 g/mol. The Bertz CT molecular complexity index is 643. The van der Waals surface area contributed by atoms with Gasteiger partial charge >= 0.3 is 5.97 Å². The van der Waals surface area contributed by atoms with Gasteiger partial charge in [-0.1, -0.05) is 6.07 Å². The predicted molar refractivity (Wildman–Crippen MR) is 74.5 cm³/mol. The van der Waals surface area contributed by atoms with Crippen molar-refractivity contribution in [2.24, 2.45) is 5.92 Å². The first-order valence-electron chi connectivity index (χ1n) is 7.17. The highest BCUT2D eigenvalue weighted by molar-refractivity contribution is 6.01. The summed E-state index contributed by atoms with van der Waals surface area (Å²) < 4.78 is 5.75. The number of nitrogens with one attached hydrogen (secondary N) is 1. The topological polar surface area (TPSA) is 58.2 Å². The number of aromatic nitrogens is 2. The van der Waals surface area contributed by atoms with E-state index in [0.717, 1.165) is 38.0 Å². The van der Waals surface area contributed by atoms with Gasteiger partial charge < -0.3 is 9.72 Å². The molecule has 1 atom stereocenters. The number of ether oxygens (including phenoxy) is 1. The van der Waals surface area contributed by atoms with E-state index < -0.39 is 0 Å². The average Bonchev–Trinajstić information content (AvgIpc) is 2.96. The first-order chi connectivity index (χ1) is 9.81. The first-order valence-corrected chi connectivity index (χ1v) is 7.17. The van der Waals surface area contributed by atoms with E-state index in [1.165, 1.54) is 0 Å². The number of imidazole rings is 1. The van der Waals surface area contributed by atoms with Crippen molar-refractivity contribution in [2.45, 2.75) is 18.9 Å². The summed E-state index contributed by atoms with van der Waals surface area (Å²) in [4.78, 5) is 22.0. The van der Waals surface area contributed by atoms with Crippen LogP contribution in [0.2, 0.25) is 0 Å². The molecule has 3 aliphatic heterocycles. The number of esters is 1. The maximum Gasteiger partial charge on any atom is 0.340 e. The fourth-order valence-corrected chi connectivity index (χ4v) is 3.38. The van der Waals surface area contributed by atoms with Gasteiger partial charge in [0.25, 0.3) is 0 Å². The molecule has 104 valence electrons. The molecule has 20 heavy (non-hydrogen) atoms. The number of H-pyrrole nitrogens is 1. The molecule has 1 unspecified atom stereocenters. The van der Waals surface area contributed by atoms with Crippen LogP contribution >= 0.6 is 0 Å². The van der Waals surface area contributed by atoms with Crippen LogP contribution in [-0.2, 0) is 4.74 Å². The number of fused-ring (bicyclic) bond motifs is 4. The fourth-order valence-electron chi connectivity index (χ4n) is 3.38. The van der Waals surface area contributed by atoms with E-state index in [4.69, 9.17) is 4.74 Å². The second-order valence-corrected chi connectivity index (χ2v) is 5.69. The normalized spacial score (nSPS) is 28.7. The second kappa shape index (κ2) is 4.59. The van der Waals surface area contributed by atoms with E-state index in [0.29, 0.717) is 17.0 Å². The Hall–Kier alpha value is -1.88. The third kappa shape index (κ3) is 1.89. The number of carbonyl (C=O) groups is 1. The number of para-hydroxylation sites is 1. The number of nitrogens with zero attached hydrogens (tertiary/aromatic N) is 2. The molecule has 1 aromatic carbocycles. The van der Waals surface area contributed by atoms with Gasteiger partial charge in [-0.3, -0.25) is 4.90 Å². The second-order valence-electron chi connectivity index (χ2n) is 5.69. The summed E-state index contributed by atoms with van der Waals surface area (Å²) in [7, 11) is 0. The minimum Gasteiger partial charge on any atom is -0.457 e. The Morgan fingerprint density at radius 3 is 2.95 bits per heavy atom. The van der Waals surface area contributed by atoms with Gasteiger partial charge in [-0.15, -0.1) is 0 Å². The molecule has 1 N–H and O–H groups in total. The summed E-state index contributed by atoms with van der Waals surface area (Å²) in [6, 6.07) is 5.55. The van der Waals surface area contributed by atoms with Crippen molar-refractivity contribution >= 4 is 17.0 Å². The van der Waals surface area contributed by atoms with Crippen LogP contribution in [0.5, 0.6) is 0 Å². The van der Waals surface area contributed by atoms with E-state index in [2.05, 4.69) is 14.9 Å². The summed E-state index contributed by atoms with van der Waals surface area (Å²) in [5.74, 6) is 0.281. The van der Waals surface area contributed by atoms with E-state index in [9.17, 15) is 4.79 Å². The van der Waals surface area contributed by atoms with E-state index in [-0.39, 0.29) is 12.1 Å². The van der Waals surface area contributed by atoms with Crippen LogP contribution in [0, 0.1) is 5.92 Å². The lowest BCUT2D eigenvalue weighted by Gasteiger charge is -2.43. The Morgan fingerprint density at radius 2 is 2.20 bits per heavy atom. The molecule has 3 saturated heterocycles. The minimum atomic E-state index is -0.249. The quantitative estimate of drug-likeness (QED) is 0.846. The van der Waals surface area contributed by atoms with E-state index in [1.807, 2.05) is 12.1 Å². The van der Waals surface area contributed by atoms with Crippen molar-refractivity contribution in [1.82, 2.24) is 14.9 Å². The maximum absolute atomic E-state index is 12.4. The standard InChI is InChI=1S/C15H17N3O2/c19-15(11-2-1-3-12-14(11)17-9-16-12)20-13-8-18-6-4-10(13)5-7-18/h1-3,9-10,13H,4-8H2,(H,16,17). The number of hydrogen-bond donors (Lipinski definition) is 1. The van der Waals surface area contributed by atoms with Gasteiger partial charge in [-0.25, -0.2) is 9.78 Å². The summed E-state index contributed by atoms with van der Waals surface area (Å²) in [6.45, 7) is 3.17. The van der Waals surface area contributed by atoms with Crippen molar-refractivity contribution < 1.29 is 9.53 Å². The molecule has 3 fully saturated rings. The van der Waals surface area contributed by atoms with Crippen molar-refractivity contribution in [3.63, 3.8) is 0 Å². The van der Waals surface area contributed by atoms with Gasteiger partial charge in [0.2, 0.25) is 0 Å².